The molecule has 0 aliphatic rings. The zero-order chi connectivity index (χ0) is 38.1. The second-order valence-electron chi connectivity index (χ2n) is 12.1. The number of hydrogen-bond acceptors (Lipinski definition) is 12. The number of benzene rings is 2. The molecule has 3 aromatic heterocycles. The van der Waals surface area contributed by atoms with Crippen LogP contribution in [0.3, 0.4) is 0 Å². The van der Waals surface area contributed by atoms with Gasteiger partial charge in [-0.15, -0.1) is 0 Å². The minimum Gasteiger partial charge on any atom is -0.481 e. The van der Waals surface area contributed by atoms with Gasteiger partial charge in [-0.05, 0) is 23.8 Å². The number of esters is 2. The predicted molar refractivity (Wildman–Crippen MR) is 201 cm³/mol. The van der Waals surface area contributed by atoms with Crippen LogP contribution in [0.4, 0.5) is 0 Å². The van der Waals surface area contributed by atoms with Crippen LogP contribution in [-0.4, -0.2) is 83.1 Å². The van der Waals surface area contributed by atoms with Crippen molar-refractivity contribution in [3.8, 4) is 39.4 Å². The van der Waals surface area contributed by atoms with Gasteiger partial charge in [-0.3, -0.25) is 18.8 Å². The molecule has 0 unspecified atom stereocenters. The average Bonchev–Trinajstić information content (AvgIpc) is 3.16. The molecule has 3 heterocycles. The minimum absolute atomic E-state index is 0.0982. The second-order valence-corrected chi connectivity index (χ2v) is 12.8. The fourth-order valence-electron chi connectivity index (χ4n) is 5.68. The number of nitrogens with zero attached hydrogens (tertiary/aromatic N) is 3. The molecule has 0 amide bonds. The summed E-state index contributed by atoms with van der Waals surface area (Å²) in [6.45, 7) is 0.763. The van der Waals surface area contributed by atoms with E-state index >= 15 is 0 Å². The number of aromatic nitrogens is 3. The van der Waals surface area contributed by atoms with E-state index < -0.39 is 24.1 Å². The average molecular weight is 765 g/mol. The number of ether oxygens (including phenoxy) is 3. The number of carbonyl (C=O) groups is 2. The number of hydrogen-bond donors (Lipinski definition) is 4. The Labute approximate surface area is 315 Å². The molecule has 0 fully saturated rings. The largest absolute Gasteiger partial charge is 0.481 e. The summed E-state index contributed by atoms with van der Waals surface area (Å²) in [5, 5.41) is 27.0. The third-order valence-corrected chi connectivity index (χ3v) is 9.25. The molecular formula is C38H39Cl2N5O8. The first-order valence-corrected chi connectivity index (χ1v) is 17.3. The summed E-state index contributed by atoms with van der Waals surface area (Å²) < 4.78 is 16.2. The van der Waals surface area contributed by atoms with Gasteiger partial charge in [0.2, 0.25) is 5.88 Å². The van der Waals surface area contributed by atoms with Gasteiger partial charge in [0, 0.05) is 72.0 Å². The number of halogens is 2. The molecule has 0 radical (unpaired) electrons. The lowest BCUT2D eigenvalue weighted by atomic mass is 9.97. The molecule has 53 heavy (non-hydrogen) atoms. The predicted octanol–water partition coefficient (Wildman–Crippen LogP) is 4.43. The smallest absolute Gasteiger partial charge is 0.308 e. The van der Waals surface area contributed by atoms with Gasteiger partial charge < -0.3 is 35.1 Å². The van der Waals surface area contributed by atoms with Gasteiger partial charge in [-0.25, -0.2) is 9.97 Å². The third kappa shape index (κ3) is 9.57. The molecule has 4 N–H and O–H groups in total. The number of pyridine rings is 2. The summed E-state index contributed by atoms with van der Waals surface area (Å²) in [4.78, 5) is 45.2. The van der Waals surface area contributed by atoms with E-state index in [9.17, 15) is 24.6 Å². The highest BCUT2D eigenvalue weighted by atomic mass is 35.5. The summed E-state index contributed by atoms with van der Waals surface area (Å²) in [5.74, 6) is -0.640. The number of aliphatic hydroxyl groups is 2. The Morgan fingerprint density at radius 3 is 1.96 bits per heavy atom. The highest BCUT2D eigenvalue weighted by molar-refractivity contribution is 6.39. The standard InChI is InChI=1S/C38H39Cl2N5O8/c1-51-33(48)15-25(46)20-41-17-23-10-11-31(44-37(23)53-3)30-9-5-8-29(36(30)40)28-7-4-6-27(35(28)39)22-12-13-45-32(14-22)43-19-24(38(45)50)18-42-21-26(47)16-34(49)52-2/h4-14,19,25-26,41-42,46-47H,15-18,20-21H2,1-3H3/t25-,26-/m1/s1. The van der Waals surface area contributed by atoms with Crippen molar-refractivity contribution < 1.29 is 34.0 Å². The Morgan fingerprint density at radius 1 is 0.792 bits per heavy atom. The van der Waals surface area contributed by atoms with Crippen LogP contribution in [0.2, 0.25) is 10.0 Å². The van der Waals surface area contributed by atoms with Crippen LogP contribution in [0.15, 0.2) is 77.9 Å². The van der Waals surface area contributed by atoms with Crippen LogP contribution >= 0.6 is 23.2 Å². The molecule has 0 aliphatic heterocycles. The molecule has 5 rings (SSSR count). The van der Waals surface area contributed by atoms with E-state index in [0.717, 1.165) is 11.1 Å². The van der Waals surface area contributed by atoms with Crippen molar-refractivity contribution in [3.05, 3.63) is 105 Å². The number of carbonyl (C=O) groups excluding carboxylic acids is 2. The Hall–Kier alpha value is -4.89. The highest BCUT2D eigenvalue weighted by Crippen LogP contribution is 2.42. The lowest BCUT2D eigenvalue weighted by Gasteiger charge is -2.16. The van der Waals surface area contributed by atoms with Crippen LogP contribution < -0.4 is 20.9 Å². The molecule has 5 aromatic rings. The van der Waals surface area contributed by atoms with Crippen molar-refractivity contribution in [1.82, 2.24) is 25.0 Å². The molecule has 2 aromatic carbocycles. The van der Waals surface area contributed by atoms with E-state index in [1.807, 2.05) is 48.5 Å². The maximum Gasteiger partial charge on any atom is 0.308 e. The molecule has 15 heteroatoms. The summed E-state index contributed by atoms with van der Waals surface area (Å²) in [6, 6.07) is 18.4. The molecule has 0 saturated carbocycles. The quantitative estimate of drug-likeness (QED) is 0.104. The van der Waals surface area contributed by atoms with Gasteiger partial charge in [0.05, 0.1) is 62.1 Å². The topological polar surface area (TPSA) is 174 Å². The van der Waals surface area contributed by atoms with Crippen molar-refractivity contribution >= 4 is 40.8 Å². The van der Waals surface area contributed by atoms with Crippen molar-refractivity contribution in [3.63, 3.8) is 0 Å². The molecule has 0 saturated heterocycles. The van der Waals surface area contributed by atoms with E-state index in [1.165, 1.54) is 31.9 Å². The lowest BCUT2D eigenvalue weighted by molar-refractivity contribution is -0.143. The van der Waals surface area contributed by atoms with Crippen molar-refractivity contribution in [2.75, 3.05) is 34.4 Å². The molecular weight excluding hydrogens is 725 g/mol. The molecule has 2 atom stereocenters. The number of aliphatic hydroxyl groups excluding tert-OH is 2. The molecule has 0 bridgehead atoms. The van der Waals surface area contributed by atoms with Gasteiger partial charge in [0.25, 0.3) is 5.56 Å². The van der Waals surface area contributed by atoms with E-state index in [2.05, 4.69) is 25.1 Å². The Kier molecular flexibility index (Phi) is 13.5. The van der Waals surface area contributed by atoms with Crippen molar-refractivity contribution in [2.45, 2.75) is 38.1 Å². The van der Waals surface area contributed by atoms with Crippen molar-refractivity contribution in [2.24, 2.45) is 0 Å². The van der Waals surface area contributed by atoms with Crippen LogP contribution in [-0.2, 0) is 32.2 Å². The maximum atomic E-state index is 13.2. The van der Waals surface area contributed by atoms with E-state index in [-0.39, 0.29) is 38.0 Å². The molecule has 278 valence electrons. The third-order valence-electron chi connectivity index (χ3n) is 8.44. The summed E-state index contributed by atoms with van der Waals surface area (Å²) in [6.07, 6.45) is 0.998. The van der Waals surface area contributed by atoms with E-state index in [4.69, 9.17) is 32.9 Å². The van der Waals surface area contributed by atoms with Crippen LogP contribution in [0.5, 0.6) is 5.88 Å². The Morgan fingerprint density at radius 2 is 1.36 bits per heavy atom. The Balaban J connectivity index is 1.35. The first kappa shape index (κ1) is 39.3. The highest BCUT2D eigenvalue weighted by Gasteiger charge is 2.19. The van der Waals surface area contributed by atoms with Crippen LogP contribution in [0.25, 0.3) is 39.2 Å². The molecule has 13 nitrogen and oxygen atoms in total. The Bertz CT molecular complexity index is 2160. The minimum atomic E-state index is -0.950. The normalized spacial score (nSPS) is 12.4. The van der Waals surface area contributed by atoms with E-state index in [0.29, 0.717) is 61.6 Å². The van der Waals surface area contributed by atoms with Crippen molar-refractivity contribution in [1.29, 1.82) is 0 Å². The summed E-state index contributed by atoms with van der Waals surface area (Å²) in [5.41, 5.74) is 5.34. The number of nitrogens with one attached hydrogen (secondary N) is 2. The monoisotopic (exact) mass is 763 g/mol. The fourth-order valence-corrected chi connectivity index (χ4v) is 6.34. The van der Waals surface area contributed by atoms with Crippen LogP contribution in [0, 0.1) is 0 Å². The first-order valence-electron chi connectivity index (χ1n) is 16.6. The van der Waals surface area contributed by atoms with Gasteiger partial charge in [-0.2, -0.15) is 0 Å². The van der Waals surface area contributed by atoms with Gasteiger partial charge in [-0.1, -0.05) is 65.7 Å². The number of fused-ring (bicyclic) bond motifs is 1. The summed E-state index contributed by atoms with van der Waals surface area (Å²) >= 11 is 14.1. The maximum absolute atomic E-state index is 13.2. The molecule has 0 aliphatic carbocycles. The zero-order valence-electron chi connectivity index (χ0n) is 29.3. The van der Waals surface area contributed by atoms with Gasteiger partial charge >= 0.3 is 11.9 Å². The van der Waals surface area contributed by atoms with E-state index in [1.54, 1.807) is 18.3 Å². The molecule has 0 spiro atoms. The number of methoxy groups -OCH3 is 3. The SMILES string of the molecule is COC(=O)C[C@@H](O)CNCc1ccc(-c2cccc(-c3cccc(-c4ccn5c(=O)c(CNC[C@H](O)CC(=O)OC)cnc5c4)c3Cl)c2Cl)nc1OC. The fraction of sp³-hybridized carbons (Fsp3) is 0.289. The lowest BCUT2D eigenvalue weighted by Crippen LogP contribution is -2.31. The first-order chi connectivity index (χ1) is 25.5. The number of rotatable bonds is 16. The summed E-state index contributed by atoms with van der Waals surface area (Å²) in [7, 11) is 4.04. The zero-order valence-corrected chi connectivity index (χ0v) is 30.8. The van der Waals surface area contributed by atoms with Gasteiger partial charge in [0.15, 0.2) is 0 Å². The second kappa shape index (κ2) is 18.2. The van der Waals surface area contributed by atoms with Gasteiger partial charge in [0.1, 0.15) is 5.65 Å². The van der Waals surface area contributed by atoms with Crippen LogP contribution in [0.1, 0.15) is 24.0 Å².